The predicted molar refractivity (Wildman–Crippen MR) is 119 cm³/mol. The van der Waals surface area contributed by atoms with Gasteiger partial charge in [0, 0.05) is 22.9 Å². The Balaban J connectivity index is 0.00000204. The number of thioether (sulfide) groups is 2. The fourth-order valence-electron chi connectivity index (χ4n) is 3.49. The molecule has 4 rings (SSSR count). The summed E-state index contributed by atoms with van der Waals surface area (Å²) in [6.45, 7) is 5.04. The molecule has 34 heavy (non-hydrogen) atoms. The molecule has 0 saturated heterocycles. The van der Waals surface area contributed by atoms with E-state index in [4.69, 9.17) is 0 Å². The fraction of sp³-hybridized carbons (Fsp3) is 0.333. The van der Waals surface area contributed by atoms with Crippen molar-refractivity contribution < 1.29 is 85.1 Å². The van der Waals surface area contributed by atoms with E-state index in [-0.39, 0.29) is 68.9 Å². The second-order valence-electron chi connectivity index (χ2n) is 6.86. The summed E-state index contributed by atoms with van der Waals surface area (Å²) >= 11 is 2.59. The first-order chi connectivity index (χ1) is 15.0. The Kier molecular flexibility index (Phi) is 10.4. The van der Waals surface area contributed by atoms with Crippen LogP contribution in [-0.4, -0.2) is 50.0 Å². The number of azo groups is 1. The van der Waals surface area contributed by atoms with Crippen molar-refractivity contribution in [2.75, 3.05) is 22.9 Å². The molecule has 0 radical (unpaired) electrons. The van der Waals surface area contributed by atoms with Crippen LogP contribution < -0.4 is 68.9 Å². The molecular weight excluding hydrogens is 542 g/mol. The van der Waals surface area contributed by atoms with Crippen LogP contribution in [0.1, 0.15) is 13.8 Å². The minimum absolute atomic E-state index is 0. The molecule has 0 aromatic heterocycles. The van der Waals surface area contributed by atoms with Crippen LogP contribution in [-0.2, 0) is 20.2 Å². The van der Waals surface area contributed by atoms with Gasteiger partial charge in [0.25, 0.3) is 0 Å². The summed E-state index contributed by atoms with van der Waals surface area (Å²) in [7, 11) is -9.12. The molecule has 0 aliphatic carbocycles. The monoisotopic (exact) mass is 560 g/mol. The van der Waals surface area contributed by atoms with Crippen LogP contribution in [0.2, 0.25) is 0 Å². The van der Waals surface area contributed by atoms with Crippen LogP contribution in [0.3, 0.4) is 0 Å². The largest absolute Gasteiger partial charge is 1.00 e. The van der Waals surface area contributed by atoms with Gasteiger partial charge in [-0.05, 0) is 50.2 Å². The van der Waals surface area contributed by atoms with E-state index >= 15 is 0 Å². The molecule has 2 aliphatic heterocycles. The van der Waals surface area contributed by atoms with Crippen molar-refractivity contribution in [2.45, 2.75) is 44.4 Å². The van der Waals surface area contributed by atoms with E-state index < -0.39 is 31.2 Å². The van der Waals surface area contributed by atoms with Gasteiger partial charge in [-0.3, -0.25) is 0 Å². The van der Waals surface area contributed by atoms with Crippen LogP contribution in [0.25, 0.3) is 0 Å². The molecule has 0 saturated carbocycles. The Morgan fingerprint density at radius 1 is 0.765 bits per heavy atom. The molecule has 2 unspecified atom stereocenters. The summed E-state index contributed by atoms with van der Waals surface area (Å²) in [6, 6.07) is 8.46. The molecule has 10 nitrogen and oxygen atoms in total. The molecule has 172 valence electrons. The first-order valence-electron chi connectivity index (χ1n) is 9.49. The third-order valence-corrected chi connectivity index (χ3v) is 8.95. The summed E-state index contributed by atoms with van der Waals surface area (Å²) in [4.78, 5) is 4.56. The van der Waals surface area contributed by atoms with Crippen LogP contribution in [0.4, 0.5) is 11.4 Å². The van der Waals surface area contributed by atoms with Crippen LogP contribution in [0, 0.1) is 0 Å². The molecule has 2 aromatic carbocycles. The molecule has 2 atom stereocenters. The van der Waals surface area contributed by atoms with Crippen molar-refractivity contribution in [1.29, 1.82) is 0 Å². The normalized spacial score (nSPS) is 19.5. The second kappa shape index (κ2) is 11.7. The van der Waals surface area contributed by atoms with E-state index in [2.05, 4.69) is 10.2 Å². The number of benzene rings is 2. The predicted octanol–water partition coefficient (Wildman–Crippen LogP) is -2.91. The third kappa shape index (κ3) is 6.17. The zero-order valence-electron chi connectivity index (χ0n) is 18.9. The van der Waals surface area contributed by atoms with E-state index in [1.165, 1.54) is 47.8 Å². The second-order valence-corrected chi connectivity index (χ2v) is 11.8. The van der Waals surface area contributed by atoms with Crippen molar-refractivity contribution >= 4 is 55.1 Å². The van der Waals surface area contributed by atoms with Gasteiger partial charge in [-0.15, -0.1) is 0 Å². The molecule has 0 bridgehead atoms. The standard InChI is InChI=1S/C18H20N4O6S4.2Na/c1-3-21-13-7-5-11(31(23,24)25)9-15(13)29-17(21)19-20-18-22(4-2)14-8-6-12(32(26,27)28)10-16(14)30-18;;/h5-10,17-18H,3-4H2,1-2H3,(H,23,24,25)(H,26,27,28);;/q;2*+1/p-2. The van der Waals surface area contributed by atoms with Gasteiger partial charge in [-0.2, -0.15) is 10.2 Å². The zero-order chi connectivity index (χ0) is 23.3. The maximum Gasteiger partial charge on any atom is 1.00 e. The number of hydrogen-bond acceptors (Lipinski definition) is 12. The van der Waals surface area contributed by atoms with Gasteiger partial charge < -0.3 is 18.9 Å². The molecule has 0 spiro atoms. The first-order valence-corrected chi connectivity index (χ1v) is 14.1. The summed E-state index contributed by atoms with van der Waals surface area (Å²) < 4.78 is 68.1. The van der Waals surface area contributed by atoms with Crippen LogP contribution >= 0.6 is 23.5 Å². The van der Waals surface area contributed by atoms with E-state index in [0.29, 0.717) is 22.9 Å². The Morgan fingerprint density at radius 2 is 1.12 bits per heavy atom. The fourth-order valence-corrected chi connectivity index (χ4v) is 7.08. The average Bonchev–Trinajstić information content (AvgIpc) is 3.26. The molecule has 2 aliphatic rings. The summed E-state index contributed by atoms with van der Waals surface area (Å²) in [5.41, 5.74) is 0.656. The Labute approximate surface area is 251 Å². The van der Waals surface area contributed by atoms with E-state index in [9.17, 15) is 25.9 Å². The van der Waals surface area contributed by atoms with Gasteiger partial charge in [0.15, 0.2) is 11.0 Å². The molecule has 2 aromatic rings. The van der Waals surface area contributed by atoms with Gasteiger partial charge in [-0.1, -0.05) is 23.5 Å². The van der Waals surface area contributed by atoms with E-state index in [1.54, 1.807) is 12.1 Å². The molecule has 0 N–H and O–H groups in total. The maximum atomic E-state index is 11.3. The minimum atomic E-state index is -4.56. The van der Waals surface area contributed by atoms with Crippen molar-refractivity contribution in [3.05, 3.63) is 36.4 Å². The number of anilines is 2. The average molecular weight is 561 g/mol. The van der Waals surface area contributed by atoms with Crippen molar-refractivity contribution in [3.8, 4) is 0 Å². The van der Waals surface area contributed by atoms with E-state index in [0.717, 1.165) is 11.4 Å². The number of fused-ring (bicyclic) bond motifs is 2. The van der Waals surface area contributed by atoms with Gasteiger partial charge in [0.2, 0.25) is 0 Å². The van der Waals surface area contributed by atoms with Gasteiger partial charge in [-0.25, -0.2) is 16.8 Å². The van der Waals surface area contributed by atoms with Gasteiger partial charge in [0.1, 0.15) is 20.2 Å². The topological polar surface area (TPSA) is 146 Å². The third-order valence-electron chi connectivity index (χ3n) is 5.00. The molecular formula is C18H18N4Na2O6S4. The minimum Gasteiger partial charge on any atom is -0.744 e. The molecule has 0 fully saturated rings. The van der Waals surface area contributed by atoms with Crippen molar-refractivity contribution in [1.82, 2.24) is 0 Å². The number of rotatable bonds is 6. The van der Waals surface area contributed by atoms with Crippen molar-refractivity contribution in [2.24, 2.45) is 10.2 Å². The Hall–Kier alpha value is 0.160. The van der Waals surface area contributed by atoms with Crippen LogP contribution in [0.15, 0.2) is 66.2 Å². The number of nitrogens with zero attached hydrogens (tertiary/aromatic N) is 4. The Morgan fingerprint density at radius 3 is 1.41 bits per heavy atom. The Bertz CT molecular complexity index is 1210. The van der Waals surface area contributed by atoms with Gasteiger partial charge in [0.05, 0.1) is 21.2 Å². The maximum absolute atomic E-state index is 11.3. The quantitative estimate of drug-likeness (QED) is 0.205. The first kappa shape index (κ1) is 30.4. The molecule has 16 heteroatoms. The molecule has 0 amide bonds. The molecule has 2 heterocycles. The SMILES string of the molecule is CCN1c2ccc(S(=O)(=O)[O-])cc2SC1N=NC1Sc2cc(S(=O)(=O)[O-])ccc2N1CC.[Na+].[Na+]. The summed E-state index contributed by atoms with van der Waals surface area (Å²) in [5.74, 6) is 0. The van der Waals surface area contributed by atoms with Gasteiger partial charge >= 0.3 is 59.1 Å². The van der Waals surface area contributed by atoms with Crippen molar-refractivity contribution in [3.63, 3.8) is 0 Å². The van der Waals surface area contributed by atoms with Crippen LogP contribution in [0.5, 0.6) is 0 Å². The number of hydrogen-bond donors (Lipinski definition) is 0. The zero-order valence-corrected chi connectivity index (χ0v) is 26.2. The summed E-state index contributed by atoms with van der Waals surface area (Å²) in [5, 5.41) is 8.92. The smallest absolute Gasteiger partial charge is 0.744 e. The summed E-state index contributed by atoms with van der Waals surface area (Å²) in [6.07, 6.45) is 0. The van der Waals surface area contributed by atoms with E-state index in [1.807, 2.05) is 23.6 Å².